The van der Waals surface area contributed by atoms with E-state index in [1.807, 2.05) is 139 Å². The number of nitrogens with one attached hydrogen (secondary N) is 4. The molecular formula is C45H56N6O6. The Labute approximate surface area is 335 Å². The van der Waals surface area contributed by atoms with Crippen LogP contribution in [0.2, 0.25) is 0 Å². The predicted octanol–water partition coefficient (Wildman–Crippen LogP) is 6.83. The van der Waals surface area contributed by atoms with E-state index in [-0.39, 0.29) is 24.5 Å². The fourth-order valence-electron chi connectivity index (χ4n) is 6.78. The molecule has 4 aromatic carbocycles. The number of likely N-dealkylation sites (N-methyl/N-ethyl adjacent to an activating group) is 1. The first-order valence-electron chi connectivity index (χ1n) is 19.5. The summed E-state index contributed by atoms with van der Waals surface area (Å²) in [5.41, 5.74) is 5.64. The summed E-state index contributed by atoms with van der Waals surface area (Å²) in [6.45, 7) is 12.6. The minimum atomic E-state index is -0.990. The van der Waals surface area contributed by atoms with Crippen molar-refractivity contribution in [1.82, 2.24) is 31.4 Å². The second kappa shape index (κ2) is 20.0. The third kappa shape index (κ3) is 12.2. The van der Waals surface area contributed by atoms with Gasteiger partial charge in [0.2, 0.25) is 11.8 Å². The molecule has 4 N–H and O–H groups in total. The van der Waals surface area contributed by atoms with E-state index < -0.39 is 36.2 Å². The van der Waals surface area contributed by atoms with Crippen molar-refractivity contribution in [1.29, 1.82) is 0 Å². The van der Waals surface area contributed by atoms with Crippen LogP contribution in [0.25, 0.3) is 21.7 Å². The molecule has 0 aliphatic heterocycles. The molecular weight excluding hydrogens is 721 g/mol. The van der Waals surface area contributed by atoms with Crippen LogP contribution in [0.15, 0.2) is 103 Å². The lowest BCUT2D eigenvalue weighted by Gasteiger charge is -2.33. The first kappa shape index (κ1) is 42.6. The fourth-order valence-corrected chi connectivity index (χ4v) is 6.78. The molecule has 1 unspecified atom stereocenters. The van der Waals surface area contributed by atoms with Gasteiger partial charge in [0, 0.05) is 56.3 Å². The Kier molecular flexibility index (Phi) is 15.0. The molecule has 0 saturated heterocycles. The van der Waals surface area contributed by atoms with Crippen LogP contribution < -0.4 is 26.1 Å². The number of hydrogen-bond donors (Lipinski definition) is 4. The number of rotatable bonds is 18. The summed E-state index contributed by atoms with van der Waals surface area (Å²) in [6, 6.07) is 29.0. The smallest absolute Gasteiger partial charge is 0.329 e. The Balaban J connectivity index is 1.34. The quantitative estimate of drug-likeness (QED) is 0.0561. The summed E-state index contributed by atoms with van der Waals surface area (Å²) in [6.07, 6.45) is 1.28. The van der Waals surface area contributed by atoms with E-state index >= 15 is 0 Å². The monoisotopic (exact) mass is 776 g/mol. The molecule has 0 radical (unpaired) electrons. The number of urea groups is 1. The van der Waals surface area contributed by atoms with Gasteiger partial charge < -0.3 is 30.2 Å². The summed E-state index contributed by atoms with van der Waals surface area (Å²) >= 11 is 0. The maximum absolute atomic E-state index is 14.5. The molecule has 0 spiro atoms. The van der Waals surface area contributed by atoms with Crippen LogP contribution in [0.1, 0.15) is 64.3 Å². The van der Waals surface area contributed by atoms with Gasteiger partial charge in [-0.3, -0.25) is 20.0 Å². The first-order chi connectivity index (χ1) is 27.3. The molecule has 57 heavy (non-hydrogen) atoms. The maximum Gasteiger partial charge on any atom is 0.329 e. The van der Waals surface area contributed by atoms with Gasteiger partial charge in [-0.2, -0.15) is 0 Å². The standard InChI is InChI=1S/C45H56N6O6/c1-8-55-43(56-9-2)30(3)40(37-21-13-17-33-19-14-26-46-41(33)37)49-42(53)38(27-31-22-24-35(25-23-31)57-45(4,5)6)48-39(52)29-51(7)50-44(54)47-28-34-18-12-16-32-15-10-11-20-36(32)34/h10-26,30,38,40,43H,8-9,27-29H2,1-7H3,(H,48,52)(H,49,53)(H2,47,50,54)/t30-,38?,40-/m0/s1. The molecule has 0 saturated carbocycles. The summed E-state index contributed by atoms with van der Waals surface area (Å²) in [7, 11) is 1.59. The summed E-state index contributed by atoms with van der Waals surface area (Å²) < 4.78 is 18.1. The zero-order chi connectivity index (χ0) is 41.0. The number of para-hydroxylation sites is 1. The van der Waals surface area contributed by atoms with Crippen LogP contribution in [0, 0.1) is 5.92 Å². The lowest BCUT2D eigenvalue weighted by atomic mass is 9.91. The van der Waals surface area contributed by atoms with Gasteiger partial charge in [-0.25, -0.2) is 9.80 Å². The highest BCUT2D eigenvalue weighted by Crippen LogP contribution is 2.32. The van der Waals surface area contributed by atoms with Crippen LogP contribution in [-0.4, -0.2) is 72.6 Å². The summed E-state index contributed by atoms with van der Waals surface area (Å²) in [5, 5.41) is 13.5. The van der Waals surface area contributed by atoms with E-state index in [2.05, 4.69) is 26.4 Å². The van der Waals surface area contributed by atoms with Crippen molar-refractivity contribution < 1.29 is 28.6 Å². The number of benzene rings is 4. The highest BCUT2D eigenvalue weighted by Gasteiger charge is 2.33. The third-order valence-electron chi connectivity index (χ3n) is 9.35. The van der Waals surface area contributed by atoms with Crippen molar-refractivity contribution in [2.24, 2.45) is 5.92 Å². The lowest BCUT2D eigenvalue weighted by molar-refractivity contribution is -0.170. The molecule has 302 valence electrons. The van der Waals surface area contributed by atoms with E-state index in [0.717, 1.165) is 38.4 Å². The summed E-state index contributed by atoms with van der Waals surface area (Å²) in [5.74, 6) is -0.525. The molecule has 12 nitrogen and oxygen atoms in total. The molecule has 3 atom stereocenters. The largest absolute Gasteiger partial charge is 0.488 e. The average molecular weight is 777 g/mol. The molecule has 1 aromatic heterocycles. The van der Waals surface area contributed by atoms with Crippen molar-refractivity contribution in [3.8, 4) is 5.75 Å². The number of hydrazine groups is 1. The molecule has 4 amide bonds. The Morgan fingerprint density at radius 3 is 2.19 bits per heavy atom. The molecule has 0 fully saturated rings. The van der Waals surface area contributed by atoms with Crippen molar-refractivity contribution >= 4 is 39.5 Å². The van der Waals surface area contributed by atoms with E-state index in [9.17, 15) is 14.4 Å². The number of amides is 4. The minimum Gasteiger partial charge on any atom is -0.488 e. The second-order valence-corrected chi connectivity index (χ2v) is 15.0. The van der Waals surface area contributed by atoms with Gasteiger partial charge in [-0.1, -0.05) is 85.8 Å². The number of carbonyl (C=O) groups is 3. The highest BCUT2D eigenvalue weighted by atomic mass is 16.7. The van der Waals surface area contributed by atoms with Crippen LogP contribution >= 0.6 is 0 Å². The summed E-state index contributed by atoms with van der Waals surface area (Å²) in [4.78, 5) is 45.7. The Bertz CT molecular complexity index is 2090. The zero-order valence-corrected chi connectivity index (χ0v) is 34.0. The number of ether oxygens (including phenoxy) is 3. The second-order valence-electron chi connectivity index (χ2n) is 15.0. The van der Waals surface area contributed by atoms with Crippen LogP contribution in [-0.2, 0) is 32.0 Å². The highest BCUT2D eigenvalue weighted by molar-refractivity contribution is 5.90. The number of pyridine rings is 1. The minimum absolute atomic E-state index is 0.186. The van der Waals surface area contributed by atoms with Gasteiger partial charge in [0.15, 0.2) is 6.29 Å². The molecule has 0 aliphatic carbocycles. The third-order valence-corrected chi connectivity index (χ3v) is 9.35. The number of hydrogen-bond acceptors (Lipinski definition) is 8. The van der Waals surface area contributed by atoms with Crippen LogP contribution in [0.5, 0.6) is 5.75 Å². The number of fused-ring (bicyclic) bond motifs is 2. The van der Waals surface area contributed by atoms with Gasteiger partial charge in [0.25, 0.3) is 0 Å². The lowest BCUT2D eigenvalue weighted by Crippen LogP contribution is -2.54. The van der Waals surface area contributed by atoms with E-state index in [1.54, 1.807) is 13.2 Å². The van der Waals surface area contributed by atoms with E-state index in [4.69, 9.17) is 14.2 Å². The average Bonchev–Trinajstić information content (AvgIpc) is 3.18. The zero-order valence-electron chi connectivity index (χ0n) is 34.0. The molecule has 5 rings (SSSR count). The van der Waals surface area contributed by atoms with Crippen LogP contribution in [0.3, 0.4) is 0 Å². The first-order valence-corrected chi connectivity index (χ1v) is 19.5. The molecule has 0 bridgehead atoms. The predicted molar refractivity (Wildman–Crippen MR) is 223 cm³/mol. The van der Waals surface area contributed by atoms with E-state index in [1.165, 1.54) is 5.01 Å². The normalized spacial score (nSPS) is 13.3. The van der Waals surface area contributed by atoms with Crippen molar-refractivity contribution in [2.45, 2.75) is 78.5 Å². The number of nitrogens with zero attached hydrogens (tertiary/aromatic N) is 2. The SMILES string of the molecule is CCOC(OCC)[C@@H](C)[C@H](NC(=O)C(Cc1ccc(OC(C)(C)C)cc1)NC(=O)CN(C)NC(=O)NCc1cccc2ccccc12)c1cccc2cccnc12. The molecule has 5 aromatic rings. The maximum atomic E-state index is 14.5. The van der Waals surface area contributed by atoms with Gasteiger partial charge in [-0.05, 0) is 74.7 Å². The molecule has 12 heteroatoms. The van der Waals surface area contributed by atoms with Crippen molar-refractivity contribution in [3.63, 3.8) is 0 Å². The van der Waals surface area contributed by atoms with Crippen LogP contribution in [0.4, 0.5) is 4.79 Å². The van der Waals surface area contributed by atoms with Gasteiger partial charge >= 0.3 is 6.03 Å². The van der Waals surface area contributed by atoms with Crippen molar-refractivity contribution in [2.75, 3.05) is 26.8 Å². The van der Waals surface area contributed by atoms with Gasteiger partial charge in [-0.15, -0.1) is 0 Å². The number of carbonyl (C=O) groups excluding carboxylic acids is 3. The Morgan fingerprint density at radius 1 is 0.807 bits per heavy atom. The Hall–Kier alpha value is -5.56. The fraction of sp³-hybridized carbons (Fsp3) is 0.378. The number of aromatic nitrogens is 1. The molecule has 0 aliphatic rings. The molecule has 1 heterocycles. The van der Waals surface area contributed by atoms with Crippen molar-refractivity contribution in [3.05, 3.63) is 120 Å². The Morgan fingerprint density at radius 2 is 1.47 bits per heavy atom. The van der Waals surface area contributed by atoms with Gasteiger partial charge in [0.1, 0.15) is 17.4 Å². The van der Waals surface area contributed by atoms with Gasteiger partial charge in [0.05, 0.1) is 18.1 Å². The van der Waals surface area contributed by atoms with E-state index in [0.29, 0.717) is 25.5 Å². The topological polar surface area (TPSA) is 143 Å².